The van der Waals surface area contributed by atoms with Gasteiger partial charge in [0.05, 0.1) is 13.2 Å². The molecule has 0 aliphatic rings. The van der Waals surface area contributed by atoms with Crippen molar-refractivity contribution in [1.82, 2.24) is 0 Å². The van der Waals surface area contributed by atoms with E-state index in [2.05, 4.69) is 26.0 Å². The highest BCUT2D eigenvalue weighted by Gasteiger charge is 2.17. The average molecular weight is 697 g/mol. The van der Waals surface area contributed by atoms with Crippen molar-refractivity contribution < 1.29 is 34.0 Å². The number of aliphatic hydroxyl groups excluding tert-OH is 2. The molecule has 0 heterocycles. The van der Waals surface area contributed by atoms with Crippen molar-refractivity contribution in [2.45, 2.75) is 219 Å². The molecular weight excluding hydrogens is 616 g/mol. The van der Waals surface area contributed by atoms with Crippen molar-refractivity contribution in [1.29, 1.82) is 0 Å². The van der Waals surface area contributed by atoms with Crippen LogP contribution >= 0.6 is 0 Å². The van der Waals surface area contributed by atoms with Crippen LogP contribution < -0.4 is 0 Å². The molecule has 49 heavy (non-hydrogen) atoms. The fraction of sp³-hybridized carbons (Fsp3) is 0.905. The topological polar surface area (TPSA) is 102 Å². The van der Waals surface area contributed by atoms with E-state index >= 15 is 0 Å². The first kappa shape index (κ1) is 47.6. The van der Waals surface area contributed by atoms with E-state index in [-0.39, 0.29) is 31.8 Å². The van der Waals surface area contributed by atoms with Crippen LogP contribution in [-0.2, 0) is 23.8 Å². The molecule has 0 aliphatic heterocycles. The molecule has 0 rings (SSSR count). The van der Waals surface area contributed by atoms with Gasteiger partial charge in [0.1, 0.15) is 25.4 Å². The monoisotopic (exact) mass is 697 g/mol. The molecule has 0 saturated heterocycles. The molecular formula is C42H80O7. The second-order valence-corrected chi connectivity index (χ2v) is 14.2. The number of hydrogen-bond acceptors (Lipinski definition) is 7. The molecule has 0 radical (unpaired) electrons. The fourth-order valence-corrected chi connectivity index (χ4v) is 5.94. The van der Waals surface area contributed by atoms with Gasteiger partial charge in [-0.3, -0.25) is 9.59 Å². The van der Waals surface area contributed by atoms with Crippen molar-refractivity contribution in [3.05, 3.63) is 12.2 Å². The molecule has 7 heteroatoms. The van der Waals surface area contributed by atoms with E-state index in [1.54, 1.807) is 0 Å². The summed E-state index contributed by atoms with van der Waals surface area (Å²) in [5.41, 5.74) is 0. The lowest BCUT2D eigenvalue weighted by atomic mass is 10.0. The van der Waals surface area contributed by atoms with Crippen LogP contribution in [-0.4, -0.2) is 60.8 Å². The molecule has 0 aromatic carbocycles. The van der Waals surface area contributed by atoms with Crippen LogP contribution in [0.5, 0.6) is 0 Å². The molecule has 0 aliphatic carbocycles. The number of unbranched alkanes of at least 4 members (excludes halogenated alkanes) is 25. The van der Waals surface area contributed by atoms with Gasteiger partial charge >= 0.3 is 11.9 Å². The lowest BCUT2D eigenvalue weighted by Crippen LogP contribution is -2.32. The maximum absolute atomic E-state index is 12.3. The molecule has 0 spiro atoms. The Hall–Kier alpha value is -1.44. The third kappa shape index (κ3) is 37.6. The second-order valence-electron chi connectivity index (χ2n) is 14.2. The molecule has 7 nitrogen and oxygen atoms in total. The molecule has 290 valence electrons. The second kappa shape index (κ2) is 39.3. The number of carbonyl (C=O) groups excluding carboxylic acids is 2. The van der Waals surface area contributed by atoms with Crippen molar-refractivity contribution in [3.8, 4) is 0 Å². The highest BCUT2D eigenvalue weighted by Crippen LogP contribution is 2.15. The zero-order valence-corrected chi connectivity index (χ0v) is 32.3. The van der Waals surface area contributed by atoms with Crippen LogP contribution in [0, 0.1) is 0 Å². The SMILES string of the molecule is CCCCCCCC/C=C\CCCCCCCC(=O)OCC(COC(=O)CCCCCCCCCCCCCCCCC)OCC(O)CO. The van der Waals surface area contributed by atoms with E-state index in [0.29, 0.717) is 12.8 Å². The largest absolute Gasteiger partial charge is 0.463 e. The van der Waals surface area contributed by atoms with Gasteiger partial charge in [0.15, 0.2) is 0 Å². The summed E-state index contributed by atoms with van der Waals surface area (Å²) in [5, 5.41) is 18.8. The summed E-state index contributed by atoms with van der Waals surface area (Å²) in [6.07, 6.45) is 38.4. The Labute approximate surface area is 302 Å². The van der Waals surface area contributed by atoms with E-state index in [1.807, 2.05) is 0 Å². The third-order valence-corrected chi connectivity index (χ3v) is 9.22. The normalized spacial score (nSPS) is 12.8. The van der Waals surface area contributed by atoms with Crippen LogP contribution in [0.3, 0.4) is 0 Å². The number of esters is 2. The summed E-state index contributed by atoms with van der Waals surface area (Å²) in [6.45, 7) is 3.88. The first-order valence-corrected chi connectivity index (χ1v) is 20.9. The summed E-state index contributed by atoms with van der Waals surface area (Å²) in [6, 6.07) is 0. The number of hydrogen-bond donors (Lipinski definition) is 2. The Balaban J connectivity index is 3.88. The highest BCUT2D eigenvalue weighted by atomic mass is 16.6. The Morgan fingerprint density at radius 3 is 1.16 bits per heavy atom. The molecule has 2 atom stereocenters. The van der Waals surface area contributed by atoms with Crippen LogP contribution in [0.4, 0.5) is 0 Å². The molecule has 0 aromatic heterocycles. The minimum absolute atomic E-state index is 0.0452. The van der Waals surface area contributed by atoms with Gasteiger partial charge in [0, 0.05) is 12.8 Å². The number of rotatable bonds is 39. The standard InChI is InChI=1S/C42H80O7/c1-3-5-7-9-11-13-15-17-19-21-23-25-27-29-31-33-41(45)48-37-40(47-36-39(44)35-43)38-49-42(46)34-32-30-28-26-24-22-20-18-16-14-12-10-8-6-4-2/h17,19,39-40,43-44H,3-16,18,20-38H2,1-2H3/b19-17-. The summed E-state index contributed by atoms with van der Waals surface area (Å²) in [5.74, 6) is -0.580. The van der Waals surface area contributed by atoms with Crippen LogP contribution in [0.1, 0.15) is 206 Å². The smallest absolute Gasteiger partial charge is 0.305 e. The Morgan fingerprint density at radius 1 is 0.490 bits per heavy atom. The predicted molar refractivity (Wildman–Crippen MR) is 204 cm³/mol. The van der Waals surface area contributed by atoms with Crippen LogP contribution in [0.15, 0.2) is 12.2 Å². The number of ether oxygens (including phenoxy) is 3. The first-order chi connectivity index (χ1) is 24.0. The number of aliphatic hydroxyl groups is 2. The van der Waals surface area contributed by atoms with E-state index < -0.39 is 18.8 Å². The van der Waals surface area contributed by atoms with Crippen molar-refractivity contribution in [2.75, 3.05) is 26.4 Å². The number of carbonyl (C=O) groups is 2. The zero-order valence-electron chi connectivity index (χ0n) is 32.3. The molecule has 2 unspecified atom stereocenters. The van der Waals surface area contributed by atoms with E-state index in [9.17, 15) is 14.7 Å². The molecule has 0 bridgehead atoms. The average Bonchev–Trinajstić information content (AvgIpc) is 3.11. The summed E-state index contributed by atoms with van der Waals surface area (Å²) in [4.78, 5) is 24.6. The zero-order chi connectivity index (χ0) is 35.9. The molecule has 0 fully saturated rings. The van der Waals surface area contributed by atoms with Gasteiger partial charge in [0.2, 0.25) is 0 Å². The number of allylic oxidation sites excluding steroid dienone is 2. The Kier molecular flexibility index (Phi) is 38.2. The van der Waals surface area contributed by atoms with E-state index in [0.717, 1.165) is 44.9 Å². The molecule has 0 saturated carbocycles. The van der Waals surface area contributed by atoms with Crippen molar-refractivity contribution in [3.63, 3.8) is 0 Å². The molecule has 0 amide bonds. The summed E-state index contributed by atoms with van der Waals surface area (Å²) >= 11 is 0. The van der Waals surface area contributed by atoms with Crippen molar-refractivity contribution in [2.24, 2.45) is 0 Å². The van der Waals surface area contributed by atoms with Gasteiger partial charge in [-0.05, 0) is 38.5 Å². The van der Waals surface area contributed by atoms with Crippen LogP contribution in [0.25, 0.3) is 0 Å². The van der Waals surface area contributed by atoms with Gasteiger partial charge in [-0.15, -0.1) is 0 Å². The lowest BCUT2D eigenvalue weighted by molar-refractivity contribution is -0.157. The predicted octanol–water partition coefficient (Wildman–Crippen LogP) is 11.1. The summed E-state index contributed by atoms with van der Waals surface area (Å²) < 4.78 is 16.4. The van der Waals surface area contributed by atoms with Gasteiger partial charge in [-0.1, -0.05) is 167 Å². The fourth-order valence-electron chi connectivity index (χ4n) is 5.94. The highest BCUT2D eigenvalue weighted by molar-refractivity contribution is 5.69. The summed E-state index contributed by atoms with van der Waals surface area (Å²) in [7, 11) is 0. The minimum Gasteiger partial charge on any atom is -0.463 e. The lowest BCUT2D eigenvalue weighted by Gasteiger charge is -2.19. The van der Waals surface area contributed by atoms with E-state index in [1.165, 1.54) is 135 Å². The Bertz CT molecular complexity index is 726. The van der Waals surface area contributed by atoms with Crippen molar-refractivity contribution >= 4 is 11.9 Å². The maximum Gasteiger partial charge on any atom is 0.305 e. The van der Waals surface area contributed by atoms with E-state index in [4.69, 9.17) is 19.3 Å². The van der Waals surface area contributed by atoms with Crippen LogP contribution in [0.2, 0.25) is 0 Å². The van der Waals surface area contributed by atoms with Gasteiger partial charge in [-0.2, -0.15) is 0 Å². The molecule has 2 N–H and O–H groups in total. The van der Waals surface area contributed by atoms with Gasteiger partial charge < -0.3 is 24.4 Å². The minimum atomic E-state index is -1.04. The quantitative estimate of drug-likeness (QED) is 0.0374. The first-order valence-electron chi connectivity index (χ1n) is 20.9. The van der Waals surface area contributed by atoms with Gasteiger partial charge in [0.25, 0.3) is 0 Å². The maximum atomic E-state index is 12.3. The van der Waals surface area contributed by atoms with Gasteiger partial charge in [-0.25, -0.2) is 0 Å². The Morgan fingerprint density at radius 2 is 0.816 bits per heavy atom. The third-order valence-electron chi connectivity index (χ3n) is 9.22. The molecule has 0 aromatic rings.